The van der Waals surface area contributed by atoms with Crippen molar-refractivity contribution in [2.75, 3.05) is 26.7 Å². The van der Waals surface area contributed by atoms with Gasteiger partial charge in [0.2, 0.25) is 0 Å². The molecule has 134 valence electrons. The van der Waals surface area contributed by atoms with E-state index < -0.39 is 0 Å². The molecule has 1 aromatic carbocycles. The molecule has 1 saturated heterocycles. The molecule has 0 saturated carbocycles. The van der Waals surface area contributed by atoms with Gasteiger partial charge < -0.3 is 15.0 Å². The second-order valence-electron chi connectivity index (χ2n) is 6.42. The zero-order valence-corrected chi connectivity index (χ0v) is 15.7. The van der Waals surface area contributed by atoms with Crippen LogP contribution < -0.4 is 10.1 Å². The minimum absolute atomic E-state index is 0.00379. The van der Waals surface area contributed by atoms with E-state index in [1.165, 1.54) is 0 Å². The number of amides is 1. The molecule has 1 fully saturated rings. The van der Waals surface area contributed by atoms with Crippen LogP contribution in [0.3, 0.4) is 0 Å². The number of pyridine rings is 1. The van der Waals surface area contributed by atoms with E-state index in [2.05, 4.69) is 10.3 Å². The number of nitrogens with one attached hydrogen (secondary N) is 1. The van der Waals surface area contributed by atoms with E-state index in [-0.39, 0.29) is 11.9 Å². The average Bonchev–Trinajstić information content (AvgIpc) is 3.04. The van der Waals surface area contributed by atoms with Gasteiger partial charge in [-0.2, -0.15) is 0 Å². The third kappa shape index (κ3) is 2.95. The summed E-state index contributed by atoms with van der Waals surface area (Å²) in [6.45, 7) is 4.26. The predicted octanol–water partition coefficient (Wildman–Crippen LogP) is 3.40. The van der Waals surface area contributed by atoms with Gasteiger partial charge in [0.1, 0.15) is 5.75 Å². The topological polar surface area (TPSA) is 54.5 Å². The number of carbonyl (C=O) groups is 1. The Kier molecular flexibility index (Phi) is 4.61. The minimum atomic E-state index is 0.00379. The highest BCUT2D eigenvalue weighted by Gasteiger charge is 2.30. The smallest absolute Gasteiger partial charge is 0.264 e. The fourth-order valence-electron chi connectivity index (χ4n) is 3.48. The van der Waals surface area contributed by atoms with Crippen LogP contribution >= 0.6 is 11.3 Å². The van der Waals surface area contributed by atoms with Crippen LogP contribution in [0.1, 0.15) is 26.8 Å². The van der Waals surface area contributed by atoms with Gasteiger partial charge in [-0.15, -0.1) is 11.3 Å². The van der Waals surface area contributed by atoms with Gasteiger partial charge in [-0.3, -0.25) is 9.78 Å². The quantitative estimate of drug-likeness (QED) is 0.771. The van der Waals surface area contributed by atoms with E-state index >= 15 is 0 Å². The molecule has 1 aliphatic heterocycles. The SMILES string of the molecule is COc1ccc2sc(C(=O)N3CCNCC3c3cccnc3)c(C)c2c1. The zero-order valence-electron chi connectivity index (χ0n) is 14.9. The van der Waals surface area contributed by atoms with E-state index in [1.807, 2.05) is 48.4 Å². The number of carbonyl (C=O) groups excluding carboxylic acids is 1. The summed E-state index contributed by atoms with van der Waals surface area (Å²) in [7, 11) is 1.66. The van der Waals surface area contributed by atoms with Gasteiger partial charge >= 0.3 is 0 Å². The number of hydrogen-bond donors (Lipinski definition) is 1. The fourth-order valence-corrected chi connectivity index (χ4v) is 4.63. The first-order chi connectivity index (χ1) is 12.7. The lowest BCUT2D eigenvalue weighted by Crippen LogP contribution is -2.48. The summed E-state index contributed by atoms with van der Waals surface area (Å²) >= 11 is 1.56. The molecule has 3 heterocycles. The second kappa shape index (κ2) is 7.05. The van der Waals surface area contributed by atoms with Crippen molar-refractivity contribution in [3.05, 3.63) is 58.7 Å². The van der Waals surface area contributed by atoms with Crippen molar-refractivity contribution in [2.45, 2.75) is 13.0 Å². The summed E-state index contributed by atoms with van der Waals surface area (Å²) in [5.74, 6) is 0.908. The number of thiophene rings is 1. The van der Waals surface area contributed by atoms with Crippen molar-refractivity contribution in [1.82, 2.24) is 15.2 Å². The number of hydrogen-bond acceptors (Lipinski definition) is 5. The highest BCUT2D eigenvalue weighted by Crippen LogP contribution is 2.35. The van der Waals surface area contributed by atoms with Gasteiger partial charge in [0.15, 0.2) is 0 Å². The maximum atomic E-state index is 13.4. The highest BCUT2D eigenvalue weighted by atomic mass is 32.1. The first-order valence-electron chi connectivity index (χ1n) is 8.68. The molecule has 1 unspecified atom stereocenters. The lowest BCUT2D eigenvalue weighted by molar-refractivity contribution is 0.0638. The van der Waals surface area contributed by atoms with Gasteiger partial charge in [0, 0.05) is 36.7 Å². The molecule has 1 atom stereocenters. The number of ether oxygens (including phenoxy) is 1. The summed E-state index contributed by atoms with van der Waals surface area (Å²) in [5, 5.41) is 4.48. The number of piperazine rings is 1. The summed E-state index contributed by atoms with van der Waals surface area (Å²) in [6, 6.07) is 9.93. The first-order valence-corrected chi connectivity index (χ1v) is 9.49. The van der Waals surface area contributed by atoms with E-state index in [9.17, 15) is 4.79 Å². The number of methoxy groups -OCH3 is 1. The molecule has 0 aliphatic carbocycles. The molecular weight excluding hydrogens is 346 g/mol. The monoisotopic (exact) mass is 367 g/mol. The third-order valence-electron chi connectivity index (χ3n) is 4.91. The summed E-state index contributed by atoms with van der Waals surface area (Å²) in [6.07, 6.45) is 3.61. The Balaban J connectivity index is 1.71. The molecular formula is C20H21N3O2S. The Morgan fingerprint density at radius 2 is 2.27 bits per heavy atom. The first kappa shape index (κ1) is 17.0. The van der Waals surface area contributed by atoms with Crippen LogP contribution in [0.25, 0.3) is 10.1 Å². The largest absolute Gasteiger partial charge is 0.497 e. The number of benzene rings is 1. The van der Waals surface area contributed by atoms with Crippen LogP contribution in [-0.2, 0) is 0 Å². The maximum Gasteiger partial charge on any atom is 0.264 e. The molecule has 1 amide bonds. The summed E-state index contributed by atoms with van der Waals surface area (Å²) in [4.78, 5) is 20.4. The van der Waals surface area contributed by atoms with Crippen LogP contribution in [-0.4, -0.2) is 42.5 Å². The Hall–Kier alpha value is -2.44. The highest BCUT2D eigenvalue weighted by molar-refractivity contribution is 7.21. The van der Waals surface area contributed by atoms with Gasteiger partial charge in [-0.05, 0) is 47.7 Å². The Morgan fingerprint density at radius 1 is 1.38 bits per heavy atom. The van der Waals surface area contributed by atoms with Gasteiger partial charge in [-0.1, -0.05) is 6.07 Å². The number of nitrogens with zero attached hydrogens (tertiary/aromatic N) is 2. The molecule has 26 heavy (non-hydrogen) atoms. The molecule has 0 spiro atoms. The normalized spacial score (nSPS) is 17.5. The molecule has 2 aromatic heterocycles. The van der Waals surface area contributed by atoms with Crippen molar-refractivity contribution in [1.29, 1.82) is 0 Å². The van der Waals surface area contributed by atoms with E-state index in [4.69, 9.17) is 4.74 Å². The summed E-state index contributed by atoms with van der Waals surface area (Å²) < 4.78 is 6.44. The number of aryl methyl sites for hydroxylation is 1. The molecule has 0 bridgehead atoms. The summed E-state index contributed by atoms with van der Waals surface area (Å²) in [5.41, 5.74) is 2.09. The Bertz CT molecular complexity index is 939. The Labute approximate surface area is 156 Å². The lowest BCUT2D eigenvalue weighted by Gasteiger charge is -2.36. The van der Waals surface area contributed by atoms with E-state index in [0.717, 1.165) is 44.9 Å². The zero-order chi connectivity index (χ0) is 18.1. The van der Waals surface area contributed by atoms with E-state index in [0.29, 0.717) is 6.54 Å². The molecule has 0 radical (unpaired) electrons. The molecule has 3 aromatic rings. The molecule has 1 aliphatic rings. The second-order valence-corrected chi connectivity index (χ2v) is 7.48. The predicted molar refractivity (Wildman–Crippen MR) is 104 cm³/mol. The maximum absolute atomic E-state index is 13.4. The van der Waals surface area contributed by atoms with Crippen LogP contribution in [0.15, 0.2) is 42.7 Å². The van der Waals surface area contributed by atoms with Crippen molar-refractivity contribution < 1.29 is 9.53 Å². The van der Waals surface area contributed by atoms with Crippen molar-refractivity contribution in [3.8, 4) is 5.75 Å². The molecule has 5 nitrogen and oxygen atoms in total. The van der Waals surface area contributed by atoms with Crippen molar-refractivity contribution >= 4 is 27.3 Å². The van der Waals surface area contributed by atoms with Crippen LogP contribution in [0.2, 0.25) is 0 Å². The van der Waals surface area contributed by atoms with Crippen molar-refractivity contribution in [3.63, 3.8) is 0 Å². The van der Waals surface area contributed by atoms with Crippen LogP contribution in [0.5, 0.6) is 5.75 Å². The molecule has 4 rings (SSSR count). The van der Waals surface area contributed by atoms with E-state index in [1.54, 1.807) is 24.6 Å². The molecule has 1 N–H and O–H groups in total. The van der Waals surface area contributed by atoms with Gasteiger partial charge in [0.05, 0.1) is 18.0 Å². The minimum Gasteiger partial charge on any atom is -0.497 e. The van der Waals surface area contributed by atoms with Crippen LogP contribution in [0, 0.1) is 6.92 Å². The number of rotatable bonds is 3. The lowest BCUT2D eigenvalue weighted by atomic mass is 10.0. The fraction of sp³-hybridized carbons (Fsp3) is 0.300. The van der Waals surface area contributed by atoms with Gasteiger partial charge in [-0.25, -0.2) is 0 Å². The van der Waals surface area contributed by atoms with Crippen molar-refractivity contribution in [2.24, 2.45) is 0 Å². The van der Waals surface area contributed by atoms with Gasteiger partial charge in [0.25, 0.3) is 5.91 Å². The average molecular weight is 367 g/mol. The van der Waals surface area contributed by atoms with Crippen LogP contribution in [0.4, 0.5) is 0 Å². The number of fused-ring (bicyclic) bond motifs is 1. The number of aromatic nitrogens is 1. The standard InChI is InChI=1S/C20H21N3O2S/c1-13-16-10-15(25-2)5-6-18(16)26-19(13)20(24)23-9-8-22-12-17(23)14-4-3-7-21-11-14/h3-7,10-11,17,22H,8-9,12H2,1-2H3. The molecule has 6 heteroatoms. The Morgan fingerprint density at radius 3 is 3.04 bits per heavy atom. The third-order valence-corrected chi connectivity index (χ3v) is 6.17.